The summed E-state index contributed by atoms with van der Waals surface area (Å²) in [7, 11) is 0. The summed E-state index contributed by atoms with van der Waals surface area (Å²) >= 11 is 0. The van der Waals surface area contributed by atoms with Gasteiger partial charge in [0.15, 0.2) is 5.82 Å². The number of hydrogen-bond donors (Lipinski definition) is 1. The number of aromatic nitrogens is 5. The van der Waals surface area contributed by atoms with Crippen LogP contribution in [0.1, 0.15) is 25.2 Å². The number of aryl methyl sites for hydroxylation is 2. The van der Waals surface area contributed by atoms with Gasteiger partial charge in [0.2, 0.25) is 0 Å². The van der Waals surface area contributed by atoms with Crippen LogP contribution in [-0.4, -0.2) is 24.8 Å². The molecule has 0 aliphatic rings. The second-order valence-electron chi connectivity index (χ2n) is 3.64. The van der Waals surface area contributed by atoms with Crippen LogP contribution in [-0.2, 0) is 19.5 Å². The summed E-state index contributed by atoms with van der Waals surface area (Å²) in [5.41, 5.74) is 7.75. The predicted molar refractivity (Wildman–Crippen MR) is 60.8 cm³/mol. The van der Waals surface area contributed by atoms with Crippen molar-refractivity contribution in [2.75, 3.05) is 5.73 Å². The topological polar surface area (TPSA) is 74.6 Å². The molecule has 0 fully saturated rings. The van der Waals surface area contributed by atoms with Gasteiger partial charge >= 0.3 is 0 Å². The standard InChI is InChI=1S/C10H16N6/c1-3-8-5-9(16(4-2)13-8)6-15-7-10(11)12-14-15/h5,7H,3-4,6,11H2,1-2H3. The van der Waals surface area contributed by atoms with Crippen molar-refractivity contribution in [2.24, 2.45) is 0 Å². The van der Waals surface area contributed by atoms with E-state index in [0.29, 0.717) is 12.4 Å². The average Bonchev–Trinajstić information content (AvgIpc) is 2.85. The fraction of sp³-hybridized carbons (Fsp3) is 0.500. The summed E-state index contributed by atoms with van der Waals surface area (Å²) in [6.45, 7) is 5.69. The molecule has 2 N–H and O–H groups in total. The fourth-order valence-corrected chi connectivity index (χ4v) is 1.65. The van der Waals surface area contributed by atoms with Crippen LogP contribution in [0.2, 0.25) is 0 Å². The Morgan fingerprint density at radius 1 is 1.38 bits per heavy atom. The van der Waals surface area contributed by atoms with Crippen LogP contribution in [0.5, 0.6) is 0 Å². The van der Waals surface area contributed by atoms with Crippen molar-refractivity contribution in [3.63, 3.8) is 0 Å². The van der Waals surface area contributed by atoms with Crippen molar-refractivity contribution in [3.8, 4) is 0 Å². The van der Waals surface area contributed by atoms with Crippen molar-refractivity contribution in [2.45, 2.75) is 33.4 Å². The molecule has 0 atom stereocenters. The van der Waals surface area contributed by atoms with Crippen LogP contribution in [0.4, 0.5) is 5.82 Å². The zero-order valence-electron chi connectivity index (χ0n) is 9.59. The number of hydrogen-bond acceptors (Lipinski definition) is 4. The van der Waals surface area contributed by atoms with Crippen molar-refractivity contribution < 1.29 is 0 Å². The molecule has 0 unspecified atom stereocenters. The quantitative estimate of drug-likeness (QED) is 0.822. The zero-order chi connectivity index (χ0) is 11.5. The molecule has 0 aliphatic carbocycles. The molecule has 0 amide bonds. The van der Waals surface area contributed by atoms with Crippen LogP contribution >= 0.6 is 0 Å². The van der Waals surface area contributed by atoms with E-state index in [1.807, 2.05) is 4.68 Å². The highest BCUT2D eigenvalue weighted by molar-refractivity contribution is 5.20. The molecule has 2 aromatic rings. The van der Waals surface area contributed by atoms with E-state index in [4.69, 9.17) is 5.73 Å². The molecule has 0 saturated heterocycles. The average molecular weight is 220 g/mol. The van der Waals surface area contributed by atoms with E-state index >= 15 is 0 Å². The highest BCUT2D eigenvalue weighted by Gasteiger charge is 2.07. The molecule has 0 bridgehead atoms. The molecule has 2 rings (SSSR count). The lowest BCUT2D eigenvalue weighted by Gasteiger charge is -2.03. The molecule has 0 radical (unpaired) electrons. The number of anilines is 1. The minimum atomic E-state index is 0.443. The molecule has 0 aliphatic heterocycles. The van der Waals surface area contributed by atoms with E-state index in [1.165, 1.54) is 0 Å². The third-order valence-corrected chi connectivity index (χ3v) is 2.46. The van der Waals surface area contributed by atoms with Crippen LogP contribution < -0.4 is 5.73 Å². The first-order valence-corrected chi connectivity index (χ1v) is 5.44. The monoisotopic (exact) mass is 220 g/mol. The van der Waals surface area contributed by atoms with E-state index in [2.05, 4.69) is 35.3 Å². The summed E-state index contributed by atoms with van der Waals surface area (Å²) in [4.78, 5) is 0. The summed E-state index contributed by atoms with van der Waals surface area (Å²) in [5, 5.41) is 12.2. The van der Waals surface area contributed by atoms with E-state index in [1.54, 1.807) is 10.9 Å². The Kier molecular flexibility index (Phi) is 2.89. The van der Waals surface area contributed by atoms with Gasteiger partial charge in [0, 0.05) is 6.54 Å². The lowest BCUT2D eigenvalue weighted by Crippen LogP contribution is -2.08. The zero-order valence-corrected chi connectivity index (χ0v) is 9.59. The van der Waals surface area contributed by atoms with Gasteiger partial charge in [0.05, 0.1) is 24.1 Å². The third-order valence-electron chi connectivity index (χ3n) is 2.46. The van der Waals surface area contributed by atoms with Crippen LogP contribution in [0.3, 0.4) is 0 Å². The number of nitrogens with two attached hydrogens (primary N) is 1. The van der Waals surface area contributed by atoms with Crippen LogP contribution in [0.25, 0.3) is 0 Å². The molecule has 0 spiro atoms. The summed E-state index contributed by atoms with van der Waals surface area (Å²) in [5.74, 6) is 0.443. The highest BCUT2D eigenvalue weighted by Crippen LogP contribution is 2.07. The maximum atomic E-state index is 5.52. The molecule has 2 heterocycles. The van der Waals surface area contributed by atoms with Crippen molar-refractivity contribution in [1.82, 2.24) is 24.8 Å². The Morgan fingerprint density at radius 3 is 2.75 bits per heavy atom. The smallest absolute Gasteiger partial charge is 0.165 e. The van der Waals surface area contributed by atoms with Gasteiger partial charge in [-0.05, 0) is 19.4 Å². The summed E-state index contributed by atoms with van der Waals surface area (Å²) < 4.78 is 3.70. The molecule has 2 aromatic heterocycles. The molecule has 86 valence electrons. The molecular formula is C10H16N6. The first-order valence-electron chi connectivity index (χ1n) is 5.44. The largest absolute Gasteiger partial charge is 0.381 e. The number of rotatable bonds is 4. The van der Waals surface area contributed by atoms with Gasteiger partial charge in [-0.3, -0.25) is 4.68 Å². The molecule has 0 saturated carbocycles. The molecule has 0 aromatic carbocycles. The van der Waals surface area contributed by atoms with Gasteiger partial charge in [-0.15, -0.1) is 5.10 Å². The Morgan fingerprint density at radius 2 is 2.19 bits per heavy atom. The molecular weight excluding hydrogens is 204 g/mol. The molecule has 6 heteroatoms. The first-order chi connectivity index (χ1) is 7.72. The van der Waals surface area contributed by atoms with Crippen molar-refractivity contribution in [1.29, 1.82) is 0 Å². The summed E-state index contributed by atoms with van der Waals surface area (Å²) in [6.07, 6.45) is 2.66. The Labute approximate surface area is 94.1 Å². The van der Waals surface area contributed by atoms with Crippen molar-refractivity contribution in [3.05, 3.63) is 23.7 Å². The van der Waals surface area contributed by atoms with E-state index in [0.717, 1.165) is 24.4 Å². The highest BCUT2D eigenvalue weighted by atomic mass is 15.4. The van der Waals surface area contributed by atoms with Gasteiger partial charge in [-0.2, -0.15) is 5.10 Å². The normalized spacial score (nSPS) is 10.9. The lowest BCUT2D eigenvalue weighted by atomic mass is 10.3. The fourth-order valence-electron chi connectivity index (χ4n) is 1.65. The van der Waals surface area contributed by atoms with E-state index in [-0.39, 0.29) is 0 Å². The minimum Gasteiger partial charge on any atom is -0.381 e. The Balaban J connectivity index is 2.22. The number of nitrogens with zero attached hydrogens (tertiary/aromatic N) is 5. The molecule has 16 heavy (non-hydrogen) atoms. The van der Waals surface area contributed by atoms with Gasteiger partial charge in [-0.1, -0.05) is 12.1 Å². The SMILES string of the molecule is CCc1cc(Cn2cc(N)nn2)n(CC)n1. The van der Waals surface area contributed by atoms with Gasteiger partial charge in [-0.25, -0.2) is 4.68 Å². The number of nitrogen functional groups attached to an aromatic ring is 1. The summed E-state index contributed by atoms with van der Waals surface area (Å²) in [6, 6.07) is 2.10. The van der Waals surface area contributed by atoms with Gasteiger partial charge in [0.25, 0.3) is 0 Å². The second kappa shape index (κ2) is 4.34. The van der Waals surface area contributed by atoms with Crippen LogP contribution in [0, 0.1) is 0 Å². The van der Waals surface area contributed by atoms with Gasteiger partial charge in [0.1, 0.15) is 0 Å². The van der Waals surface area contributed by atoms with E-state index < -0.39 is 0 Å². The van der Waals surface area contributed by atoms with Gasteiger partial charge < -0.3 is 5.73 Å². The Hall–Kier alpha value is -1.85. The van der Waals surface area contributed by atoms with Crippen LogP contribution in [0.15, 0.2) is 12.3 Å². The second-order valence-corrected chi connectivity index (χ2v) is 3.64. The third kappa shape index (κ3) is 2.05. The lowest BCUT2D eigenvalue weighted by molar-refractivity contribution is 0.563. The Bertz CT molecular complexity index is 469. The van der Waals surface area contributed by atoms with E-state index in [9.17, 15) is 0 Å². The molecule has 6 nitrogen and oxygen atoms in total. The minimum absolute atomic E-state index is 0.443. The maximum Gasteiger partial charge on any atom is 0.165 e. The maximum absolute atomic E-state index is 5.52. The van der Waals surface area contributed by atoms with Crippen molar-refractivity contribution >= 4 is 5.82 Å². The first kappa shape index (κ1) is 10.7. The predicted octanol–water partition coefficient (Wildman–Crippen LogP) is 0.687.